The van der Waals surface area contributed by atoms with Crippen molar-refractivity contribution < 1.29 is 9.59 Å². The Morgan fingerprint density at radius 2 is 2.06 bits per heavy atom. The van der Waals surface area contributed by atoms with E-state index in [1.54, 1.807) is 4.90 Å². The highest BCUT2D eigenvalue weighted by molar-refractivity contribution is 6.22. The first kappa shape index (κ1) is 13.7. The molecule has 1 heterocycles. The molecule has 2 aliphatic rings. The topological polar surface area (TPSA) is 49.4 Å². The Balaban J connectivity index is 1.66. The van der Waals surface area contributed by atoms with E-state index in [4.69, 9.17) is 11.6 Å². The summed E-state index contributed by atoms with van der Waals surface area (Å²) in [6.07, 6.45) is 6.70. The number of carbonyl (C=O) groups excluding carboxylic acids is 2. The van der Waals surface area contributed by atoms with Crippen molar-refractivity contribution in [3.63, 3.8) is 0 Å². The molecule has 0 bridgehead atoms. The smallest absolute Gasteiger partial charge is 0.224 e. The molecule has 2 amide bonds. The van der Waals surface area contributed by atoms with Gasteiger partial charge in [0.1, 0.15) is 0 Å². The number of alkyl halides is 1. The zero-order chi connectivity index (χ0) is 13.0. The second kappa shape index (κ2) is 6.41. The van der Waals surface area contributed by atoms with Crippen LogP contribution in [-0.2, 0) is 9.59 Å². The SMILES string of the molecule is O=C(CCN1CC(Cl)CC1=O)NC1CCCCC1. The first-order valence-electron chi connectivity index (χ1n) is 6.86. The van der Waals surface area contributed by atoms with E-state index in [0.29, 0.717) is 32.0 Å². The highest BCUT2D eigenvalue weighted by Crippen LogP contribution is 2.18. The number of halogens is 1. The van der Waals surface area contributed by atoms with Crippen LogP contribution in [0.5, 0.6) is 0 Å². The minimum Gasteiger partial charge on any atom is -0.353 e. The summed E-state index contributed by atoms with van der Waals surface area (Å²) >= 11 is 5.91. The number of hydrogen-bond acceptors (Lipinski definition) is 2. The van der Waals surface area contributed by atoms with Gasteiger partial charge in [-0.15, -0.1) is 11.6 Å². The monoisotopic (exact) mass is 272 g/mol. The van der Waals surface area contributed by atoms with Gasteiger partial charge in [-0.05, 0) is 12.8 Å². The standard InChI is InChI=1S/C13H21ClN2O2/c14-10-8-13(18)16(9-10)7-6-12(17)15-11-4-2-1-3-5-11/h10-11H,1-9H2,(H,15,17). The van der Waals surface area contributed by atoms with Crippen molar-refractivity contribution in [1.29, 1.82) is 0 Å². The third-order valence-electron chi connectivity index (χ3n) is 3.75. The van der Waals surface area contributed by atoms with E-state index in [0.717, 1.165) is 12.8 Å². The summed E-state index contributed by atoms with van der Waals surface area (Å²) in [5.41, 5.74) is 0. The summed E-state index contributed by atoms with van der Waals surface area (Å²) in [5.74, 6) is 0.133. The molecule has 18 heavy (non-hydrogen) atoms. The summed E-state index contributed by atoms with van der Waals surface area (Å²) in [6, 6.07) is 0.348. The molecule has 0 spiro atoms. The predicted molar refractivity (Wildman–Crippen MR) is 70.5 cm³/mol. The quantitative estimate of drug-likeness (QED) is 0.792. The van der Waals surface area contributed by atoms with Crippen LogP contribution in [0, 0.1) is 0 Å². The summed E-state index contributed by atoms with van der Waals surface area (Å²) in [7, 11) is 0. The van der Waals surface area contributed by atoms with Gasteiger partial charge in [0.05, 0.1) is 5.38 Å². The fourth-order valence-corrected chi connectivity index (χ4v) is 3.02. The van der Waals surface area contributed by atoms with Crippen LogP contribution in [0.25, 0.3) is 0 Å². The van der Waals surface area contributed by atoms with Crippen LogP contribution in [0.1, 0.15) is 44.9 Å². The lowest BCUT2D eigenvalue weighted by Crippen LogP contribution is -2.38. The Labute approximate surface area is 113 Å². The highest BCUT2D eigenvalue weighted by Gasteiger charge is 2.28. The Hall–Kier alpha value is -0.770. The van der Waals surface area contributed by atoms with E-state index in [2.05, 4.69) is 5.32 Å². The molecule has 5 heteroatoms. The molecule has 1 saturated heterocycles. The largest absolute Gasteiger partial charge is 0.353 e. The highest BCUT2D eigenvalue weighted by atomic mass is 35.5. The van der Waals surface area contributed by atoms with Gasteiger partial charge in [0, 0.05) is 32.0 Å². The lowest BCUT2D eigenvalue weighted by Gasteiger charge is -2.23. The number of hydrogen-bond donors (Lipinski definition) is 1. The maximum Gasteiger partial charge on any atom is 0.224 e. The van der Waals surface area contributed by atoms with E-state index in [1.807, 2.05) is 0 Å². The number of nitrogens with one attached hydrogen (secondary N) is 1. The molecule has 1 N–H and O–H groups in total. The molecule has 2 rings (SSSR count). The average Bonchev–Trinajstić information content (AvgIpc) is 2.66. The first-order chi connectivity index (χ1) is 8.65. The van der Waals surface area contributed by atoms with Crippen molar-refractivity contribution in [2.75, 3.05) is 13.1 Å². The third-order valence-corrected chi connectivity index (χ3v) is 4.04. The summed E-state index contributed by atoms with van der Waals surface area (Å²) < 4.78 is 0. The molecule has 0 radical (unpaired) electrons. The van der Waals surface area contributed by atoms with Crippen molar-refractivity contribution in [2.45, 2.75) is 56.4 Å². The van der Waals surface area contributed by atoms with Crippen LogP contribution < -0.4 is 5.32 Å². The van der Waals surface area contributed by atoms with Gasteiger partial charge in [-0.25, -0.2) is 0 Å². The van der Waals surface area contributed by atoms with E-state index in [-0.39, 0.29) is 17.2 Å². The Kier molecular flexibility index (Phi) is 4.87. The van der Waals surface area contributed by atoms with Crippen LogP contribution in [0.4, 0.5) is 0 Å². The lowest BCUT2D eigenvalue weighted by molar-refractivity contribution is -0.128. The van der Waals surface area contributed by atoms with Crippen molar-refractivity contribution >= 4 is 23.4 Å². The van der Waals surface area contributed by atoms with E-state index in [9.17, 15) is 9.59 Å². The molecule has 1 atom stereocenters. The second-order valence-electron chi connectivity index (χ2n) is 5.29. The average molecular weight is 273 g/mol. The van der Waals surface area contributed by atoms with Gasteiger partial charge in [-0.1, -0.05) is 19.3 Å². The van der Waals surface area contributed by atoms with E-state index < -0.39 is 0 Å². The molecule has 2 fully saturated rings. The molecule has 102 valence electrons. The van der Waals surface area contributed by atoms with Gasteiger partial charge < -0.3 is 10.2 Å². The molecule has 0 aromatic heterocycles. The van der Waals surface area contributed by atoms with Crippen molar-refractivity contribution in [3.8, 4) is 0 Å². The molecule has 1 aliphatic heterocycles. The van der Waals surface area contributed by atoms with Gasteiger partial charge in [0.2, 0.25) is 11.8 Å². The molecule has 1 unspecified atom stereocenters. The zero-order valence-corrected chi connectivity index (χ0v) is 11.4. The number of likely N-dealkylation sites (tertiary alicyclic amines) is 1. The molecule has 0 aromatic rings. The minimum atomic E-state index is -0.0843. The first-order valence-corrected chi connectivity index (χ1v) is 7.30. The summed E-state index contributed by atoms with van der Waals surface area (Å²) in [5, 5.41) is 2.97. The van der Waals surface area contributed by atoms with Gasteiger partial charge in [-0.2, -0.15) is 0 Å². The van der Waals surface area contributed by atoms with Crippen molar-refractivity contribution in [3.05, 3.63) is 0 Å². The maximum absolute atomic E-state index is 11.8. The predicted octanol–water partition coefficient (Wildman–Crippen LogP) is 1.67. The normalized spacial score (nSPS) is 25.5. The minimum absolute atomic E-state index is 0.0627. The lowest BCUT2D eigenvalue weighted by atomic mass is 9.95. The number of carbonyl (C=O) groups is 2. The van der Waals surface area contributed by atoms with Gasteiger partial charge in [-0.3, -0.25) is 9.59 Å². The van der Waals surface area contributed by atoms with Crippen LogP contribution in [0.3, 0.4) is 0 Å². The van der Waals surface area contributed by atoms with E-state index in [1.165, 1.54) is 19.3 Å². The van der Waals surface area contributed by atoms with Crippen molar-refractivity contribution in [2.24, 2.45) is 0 Å². The van der Waals surface area contributed by atoms with Crippen LogP contribution >= 0.6 is 11.6 Å². The molecule has 0 aromatic carbocycles. The number of amides is 2. The van der Waals surface area contributed by atoms with Gasteiger partial charge >= 0.3 is 0 Å². The molecular formula is C13H21ClN2O2. The number of nitrogens with zero attached hydrogens (tertiary/aromatic N) is 1. The second-order valence-corrected chi connectivity index (χ2v) is 5.91. The summed E-state index contributed by atoms with van der Waals surface area (Å²) in [6.45, 7) is 1.08. The number of rotatable bonds is 4. The Bertz CT molecular complexity index is 316. The fraction of sp³-hybridized carbons (Fsp3) is 0.846. The van der Waals surface area contributed by atoms with Crippen LogP contribution in [0.2, 0.25) is 0 Å². The fourth-order valence-electron chi connectivity index (χ4n) is 2.72. The summed E-state index contributed by atoms with van der Waals surface area (Å²) in [4.78, 5) is 25.0. The van der Waals surface area contributed by atoms with Crippen LogP contribution in [-0.4, -0.2) is 41.2 Å². The Morgan fingerprint density at radius 1 is 1.33 bits per heavy atom. The molecule has 4 nitrogen and oxygen atoms in total. The third kappa shape index (κ3) is 3.87. The van der Waals surface area contributed by atoms with Crippen molar-refractivity contribution in [1.82, 2.24) is 10.2 Å². The maximum atomic E-state index is 11.8. The van der Waals surface area contributed by atoms with Crippen LogP contribution in [0.15, 0.2) is 0 Å². The van der Waals surface area contributed by atoms with E-state index >= 15 is 0 Å². The molecule has 1 saturated carbocycles. The van der Waals surface area contributed by atoms with Gasteiger partial charge in [0.15, 0.2) is 0 Å². The molecule has 1 aliphatic carbocycles. The Morgan fingerprint density at radius 3 is 2.67 bits per heavy atom. The zero-order valence-electron chi connectivity index (χ0n) is 10.7. The molecular weight excluding hydrogens is 252 g/mol. The van der Waals surface area contributed by atoms with Gasteiger partial charge in [0.25, 0.3) is 0 Å².